The molecule has 0 spiro atoms. The van der Waals surface area contributed by atoms with Gasteiger partial charge < -0.3 is 15.6 Å². The lowest BCUT2D eigenvalue weighted by atomic mass is 9.85. The van der Waals surface area contributed by atoms with Crippen molar-refractivity contribution in [1.29, 1.82) is 0 Å². The number of aryl methyl sites for hydroxylation is 1. The monoisotopic (exact) mass is 345 g/mol. The first-order valence-corrected chi connectivity index (χ1v) is 8.66. The number of carbonyl (C=O) groups is 2. The number of tetrazole rings is 1. The van der Waals surface area contributed by atoms with E-state index in [0.29, 0.717) is 24.5 Å². The van der Waals surface area contributed by atoms with Gasteiger partial charge in [0.2, 0.25) is 5.91 Å². The Labute approximate surface area is 145 Å². The highest BCUT2D eigenvalue weighted by atomic mass is 16.2. The molecule has 0 saturated heterocycles. The number of rotatable bonds is 7. The largest absolute Gasteiger partial charge is 0.357 e. The van der Waals surface area contributed by atoms with E-state index in [4.69, 9.17) is 0 Å². The molecule has 0 bridgehead atoms. The molecule has 3 rings (SSSR count). The van der Waals surface area contributed by atoms with E-state index in [1.54, 1.807) is 18.3 Å². The lowest BCUT2D eigenvalue weighted by Gasteiger charge is -2.28. The first-order valence-electron chi connectivity index (χ1n) is 8.66. The first-order chi connectivity index (χ1) is 12.2. The van der Waals surface area contributed by atoms with E-state index in [0.717, 1.165) is 32.1 Å². The topological polar surface area (TPSA) is 128 Å². The fourth-order valence-corrected chi connectivity index (χ4v) is 3.13. The number of aromatic amines is 2. The molecule has 1 saturated carbocycles. The predicted octanol–water partition coefficient (Wildman–Crippen LogP) is 0.565. The molecule has 1 fully saturated rings. The van der Waals surface area contributed by atoms with Crippen LogP contribution in [0.25, 0.3) is 0 Å². The van der Waals surface area contributed by atoms with Gasteiger partial charge in [-0.25, -0.2) is 0 Å². The lowest BCUT2D eigenvalue weighted by molar-refractivity contribution is -0.126. The highest BCUT2D eigenvalue weighted by Crippen LogP contribution is 2.24. The van der Waals surface area contributed by atoms with Crippen molar-refractivity contribution >= 4 is 11.8 Å². The Morgan fingerprint density at radius 1 is 1.24 bits per heavy atom. The van der Waals surface area contributed by atoms with Gasteiger partial charge in [0.25, 0.3) is 5.91 Å². The van der Waals surface area contributed by atoms with Gasteiger partial charge in [-0.1, -0.05) is 5.21 Å². The highest BCUT2D eigenvalue weighted by Gasteiger charge is 2.27. The molecule has 9 heteroatoms. The smallest absolute Gasteiger partial charge is 0.267 e. The molecule has 0 atom stereocenters. The number of amides is 2. The van der Waals surface area contributed by atoms with Crippen LogP contribution in [0.15, 0.2) is 18.3 Å². The summed E-state index contributed by atoms with van der Waals surface area (Å²) in [5.41, 5.74) is 0.571. The number of aromatic nitrogens is 5. The normalized spacial score (nSPS) is 20.2. The highest BCUT2D eigenvalue weighted by molar-refractivity contribution is 5.92. The quantitative estimate of drug-likeness (QED) is 0.545. The van der Waals surface area contributed by atoms with Crippen LogP contribution < -0.4 is 10.6 Å². The summed E-state index contributed by atoms with van der Waals surface area (Å²) in [6, 6.07) is 3.69. The van der Waals surface area contributed by atoms with Crippen molar-refractivity contribution in [2.75, 3.05) is 6.54 Å². The molecule has 1 aliphatic carbocycles. The van der Waals surface area contributed by atoms with Gasteiger partial charge >= 0.3 is 0 Å². The summed E-state index contributed by atoms with van der Waals surface area (Å²) in [5.74, 6) is 0.706. The average Bonchev–Trinajstić information content (AvgIpc) is 3.32. The molecule has 0 aliphatic heterocycles. The molecule has 2 aromatic rings. The summed E-state index contributed by atoms with van der Waals surface area (Å²) in [5, 5.41) is 19.7. The van der Waals surface area contributed by atoms with Crippen LogP contribution in [0.5, 0.6) is 0 Å². The number of hydrogen-bond acceptors (Lipinski definition) is 5. The third-order valence-corrected chi connectivity index (χ3v) is 4.54. The number of hydrogen-bond donors (Lipinski definition) is 4. The molecular weight excluding hydrogens is 322 g/mol. The van der Waals surface area contributed by atoms with Crippen molar-refractivity contribution in [3.63, 3.8) is 0 Å². The van der Waals surface area contributed by atoms with E-state index in [-0.39, 0.29) is 23.8 Å². The van der Waals surface area contributed by atoms with Crippen LogP contribution >= 0.6 is 0 Å². The van der Waals surface area contributed by atoms with E-state index in [1.165, 1.54) is 0 Å². The van der Waals surface area contributed by atoms with E-state index in [1.807, 2.05) is 0 Å². The molecule has 4 N–H and O–H groups in total. The molecular formula is C16H23N7O2. The summed E-state index contributed by atoms with van der Waals surface area (Å²) < 4.78 is 0. The molecule has 2 heterocycles. The minimum Gasteiger partial charge on any atom is -0.357 e. The minimum atomic E-state index is -0.0839. The zero-order valence-electron chi connectivity index (χ0n) is 14.0. The molecule has 2 amide bonds. The Kier molecular flexibility index (Phi) is 5.76. The number of nitrogens with zero attached hydrogens (tertiary/aromatic N) is 3. The van der Waals surface area contributed by atoms with Gasteiger partial charge in [-0.2, -0.15) is 5.21 Å². The Balaban J connectivity index is 1.32. The van der Waals surface area contributed by atoms with Crippen LogP contribution in [-0.2, 0) is 11.2 Å². The van der Waals surface area contributed by atoms with Gasteiger partial charge in [0, 0.05) is 31.1 Å². The Bertz CT molecular complexity index is 661. The predicted molar refractivity (Wildman–Crippen MR) is 89.5 cm³/mol. The maximum atomic E-state index is 12.2. The minimum absolute atomic E-state index is 0.0313. The molecule has 1 aliphatic rings. The molecule has 0 aromatic carbocycles. The standard InChI is InChI=1S/C16H23N7O2/c24-15(18-10-2-4-14-20-22-23-21-14)11-5-7-12(8-6-11)19-16(25)13-3-1-9-17-13/h1,3,9,11-12,17H,2,4-8,10H2,(H,18,24)(H,19,25)(H,20,21,22,23). The fraction of sp³-hybridized carbons (Fsp3) is 0.562. The van der Waals surface area contributed by atoms with Gasteiger partial charge in [0.1, 0.15) is 5.69 Å². The van der Waals surface area contributed by atoms with E-state index in [9.17, 15) is 9.59 Å². The molecule has 0 radical (unpaired) electrons. The third-order valence-electron chi connectivity index (χ3n) is 4.54. The first kappa shape index (κ1) is 17.1. The SMILES string of the molecule is O=C(NC1CCC(C(=O)NCCCc2nn[nH]n2)CC1)c1ccc[nH]1. The Hall–Kier alpha value is -2.71. The lowest BCUT2D eigenvalue weighted by Crippen LogP contribution is -2.41. The van der Waals surface area contributed by atoms with Crippen molar-refractivity contribution in [3.8, 4) is 0 Å². The van der Waals surface area contributed by atoms with Gasteiger partial charge in [0.15, 0.2) is 5.82 Å². The van der Waals surface area contributed by atoms with Crippen molar-refractivity contribution in [1.82, 2.24) is 36.2 Å². The van der Waals surface area contributed by atoms with Crippen molar-refractivity contribution in [3.05, 3.63) is 29.8 Å². The molecule has 134 valence electrons. The summed E-state index contributed by atoms with van der Waals surface area (Å²) in [6.45, 7) is 0.608. The maximum Gasteiger partial charge on any atom is 0.267 e. The average molecular weight is 345 g/mol. The Morgan fingerprint density at radius 3 is 2.76 bits per heavy atom. The van der Waals surface area contributed by atoms with Crippen LogP contribution in [0.3, 0.4) is 0 Å². The third kappa shape index (κ3) is 4.88. The number of nitrogens with one attached hydrogen (secondary N) is 4. The van der Waals surface area contributed by atoms with E-state index in [2.05, 4.69) is 36.2 Å². The van der Waals surface area contributed by atoms with Crippen molar-refractivity contribution in [2.45, 2.75) is 44.6 Å². The summed E-state index contributed by atoms with van der Waals surface area (Å²) >= 11 is 0. The van der Waals surface area contributed by atoms with Crippen LogP contribution in [0, 0.1) is 5.92 Å². The second-order valence-corrected chi connectivity index (χ2v) is 6.33. The van der Waals surface area contributed by atoms with Gasteiger partial charge in [0.05, 0.1) is 0 Å². The zero-order chi connectivity index (χ0) is 17.5. The van der Waals surface area contributed by atoms with Gasteiger partial charge in [-0.15, -0.1) is 10.2 Å². The van der Waals surface area contributed by atoms with Crippen LogP contribution in [0.4, 0.5) is 0 Å². The maximum absolute atomic E-state index is 12.2. The second-order valence-electron chi connectivity index (χ2n) is 6.33. The summed E-state index contributed by atoms with van der Waals surface area (Å²) in [4.78, 5) is 27.1. The van der Waals surface area contributed by atoms with Crippen LogP contribution in [0.2, 0.25) is 0 Å². The van der Waals surface area contributed by atoms with Gasteiger partial charge in [-0.3, -0.25) is 9.59 Å². The van der Waals surface area contributed by atoms with E-state index >= 15 is 0 Å². The van der Waals surface area contributed by atoms with Crippen LogP contribution in [0.1, 0.15) is 48.4 Å². The molecule has 2 aromatic heterocycles. The summed E-state index contributed by atoms with van der Waals surface area (Å²) in [6.07, 6.45) is 6.45. The molecule has 9 nitrogen and oxygen atoms in total. The van der Waals surface area contributed by atoms with Crippen molar-refractivity contribution < 1.29 is 9.59 Å². The molecule has 25 heavy (non-hydrogen) atoms. The zero-order valence-corrected chi connectivity index (χ0v) is 14.0. The number of H-pyrrole nitrogens is 2. The Morgan fingerprint density at radius 2 is 2.08 bits per heavy atom. The second kappa shape index (κ2) is 8.41. The van der Waals surface area contributed by atoms with Gasteiger partial charge in [-0.05, 0) is 44.2 Å². The van der Waals surface area contributed by atoms with Crippen molar-refractivity contribution in [2.24, 2.45) is 5.92 Å². The fourth-order valence-electron chi connectivity index (χ4n) is 3.13. The molecule has 0 unspecified atom stereocenters. The number of carbonyl (C=O) groups excluding carboxylic acids is 2. The van der Waals surface area contributed by atoms with E-state index < -0.39 is 0 Å². The van der Waals surface area contributed by atoms with Crippen LogP contribution in [-0.4, -0.2) is 50.0 Å². The summed E-state index contributed by atoms with van der Waals surface area (Å²) in [7, 11) is 0.